The molecule has 0 spiro atoms. The zero-order chi connectivity index (χ0) is 20.8. The molecule has 1 amide bonds. The number of methoxy groups -OCH3 is 1. The lowest BCUT2D eigenvalue weighted by Crippen LogP contribution is -2.35. The van der Waals surface area contributed by atoms with Crippen molar-refractivity contribution in [2.75, 3.05) is 32.1 Å². The van der Waals surface area contributed by atoms with Crippen LogP contribution in [0.15, 0.2) is 36.4 Å². The molecule has 158 valence electrons. The Kier molecular flexibility index (Phi) is 6.41. The fourth-order valence-electron chi connectivity index (χ4n) is 3.73. The Labute approximate surface area is 176 Å². The van der Waals surface area contributed by atoms with E-state index >= 15 is 0 Å². The number of aromatic nitrogens is 4. The smallest absolute Gasteiger partial charge is 0.223 e. The molecule has 4 rings (SSSR count). The van der Waals surface area contributed by atoms with E-state index in [1.165, 1.54) is 12.0 Å². The van der Waals surface area contributed by atoms with E-state index in [1.807, 2.05) is 29.2 Å². The predicted molar refractivity (Wildman–Crippen MR) is 115 cm³/mol. The first-order valence-corrected chi connectivity index (χ1v) is 10.6. The van der Waals surface area contributed by atoms with E-state index in [-0.39, 0.29) is 5.91 Å². The summed E-state index contributed by atoms with van der Waals surface area (Å²) < 4.78 is 6.93. The van der Waals surface area contributed by atoms with Crippen LogP contribution in [0.3, 0.4) is 0 Å². The number of piperidine rings is 1. The molecule has 1 aromatic carbocycles. The highest BCUT2D eigenvalue weighted by atomic mass is 16.5. The largest absolute Gasteiger partial charge is 0.497 e. The number of carbonyl (C=O) groups excluding carboxylic acids is 1. The van der Waals surface area contributed by atoms with Gasteiger partial charge in [-0.1, -0.05) is 12.1 Å². The minimum Gasteiger partial charge on any atom is -0.497 e. The lowest BCUT2D eigenvalue weighted by Gasteiger charge is -2.26. The molecule has 8 nitrogen and oxygen atoms in total. The number of likely N-dealkylation sites (tertiary alicyclic amines) is 1. The molecule has 0 bridgehead atoms. The molecule has 1 aliphatic rings. The van der Waals surface area contributed by atoms with Crippen LogP contribution in [0.2, 0.25) is 0 Å². The van der Waals surface area contributed by atoms with E-state index in [2.05, 4.69) is 32.7 Å². The molecule has 30 heavy (non-hydrogen) atoms. The highest BCUT2D eigenvalue weighted by molar-refractivity contribution is 5.76. The normalized spacial score (nSPS) is 14.1. The summed E-state index contributed by atoms with van der Waals surface area (Å²) in [5.41, 5.74) is 1.92. The second-order valence-corrected chi connectivity index (χ2v) is 7.57. The van der Waals surface area contributed by atoms with E-state index in [4.69, 9.17) is 4.74 Å². The fourth-order valence-corrected chi connectivity index (χ4v) is 3.73. The number of aryl methyl sites for hydroxylation is 1. The van der Waals surface area contributed by atoms with Gasteiger partial charge in [-0.05, 0) is 55.5 Å². The SMILES string of the molecule is COc1ccc(CCNc2ccc3nnc(CCC(=O)N4CCCCC4)n3n2)cc1. The van der Waals surface area contributed by atoms with Crippen molar-refractivity contribution in [3.05, 3.63) is 47.8 Å². The molecule has 0 unspecified atom stereocenters. The molecule has 1 saturated heterocycles. The van der Waals surface area contributed by atoms with Gasteiger partial charge in [-0.25, -0.2) is 0 Å². The summed E-state index contributed by atoms with van der Waals surface area (Å²) in [6, 6.07) is 11.9. The molecule has 2 aromatic heterocycles. The van der Waals surface area contributed by atoms with Gasteiger partial charge in [0.15, 0.2) is 11.5 Å². The van der Waals surface area contributed by atoms with Crippen LogP contribution in [0.25, 0.3) is 5.65 Å². The van der Waals surface area contributed by atoms with Crippen molar-refractivity contribution in [2.24, 2.45) is 0 Å². The maximum atomic E-state index is 12.4. The Bertz CT molecular complexity index is 979. The molecular weight excluding hydrogens is 380 g/mol. The number of fused-ring (bicyclic) bond motifs is 1. The number of hydrogen-bond acceptors (Lipinski definition) is 6. The Morgan fingerprint density at radius 1 is 1.03 bits per heavy atom. The Morgan fingerprint density at radius 3 is 2.60 bits per heavy atom. The van der Waals surface area contributed by atoms with E-state index in [1.54, 1.807) is 11.6 Å². The second kappa shape index (κ2) is 9.56. The third kappa shape index (κ3) is 4.87. The highest BCUT2D eigenvalue weighted by Crippen LogP contribution is 2.14. The first-order valence-electron chi connectivity index (χ1n) is 10.6. The monoisotopic (exact) mass is 408 g/mol. The minimum atomic E-state index is 0.195. The van der Waals surface area contributed by atoms with E-state index in [9.17, 15) is 4.79 Å². The van der Waals surface area contributed by atoms with Gasteiger partial charge in [-0.3, -0.25) is 4.79 Å². The third-order valence-corrected chi connectivity index (χ3v) is 5.48. The van der Waals surface area contributed by atoms with E-state index in [0.29, 0.717) is 24.3 Å². The van der Waals surface area contributed by atoms with Crippen LogP contribution in [0, 0.1) is 0 Å². The van der Waals surface area contributed by atoms with Gasteiger partial charge in [0.25, 0.3) is 0 Å². The summed E-state index contributed by atoms with van der Waals surface area (Å²) in [4.78, 5) is 14.4. The Balaban J connectivity index is 1.34. The van der Waals surface area contributed by atoms with Crippen molar-refractivity contribution >= 4 is 17.4 Å². The average Bonchev–Trinajstić information content (AvgIpc) is 3.21. The molecule has 1 aliphatic heterocycles. The number of rotatable bonds is 8. The number of benzene rings is 1. The number of nitrogens with one attached hydrogen (secondary N) is 1. The van der Waals surface area contributed by atoms with Gasteiger partial charge in [0.1, 0.15) is 11.6 Å². The summed E-state index contributed by atoms with van der Waals surface area (Å²) in [5, 5.41) is 16.4. The van der Waals surface area contributed by atoms with Crippen LogP contribution in [0.1, 0.15) is 37.1 Å². The lowest BCUT2D eigenvalue weighted by molar-refractivity contribution is -0.132. The summed E-state index contributed by atoms with van der Waals surface area (Å²) in [7, 11) is 1.67. The van der Waals surface area contributed by atoms with Crippen LogP contribution in [-0.4, -0.2) is 57.4 Å². The molecule has 1 fully saturated rings. The molecular formula is C22H28N6O2. The number of hydrogen-bond donors (Lipinski definition) is 1. The number of carbonyl (C=O) groups is 1. The van der Waals surface area contributed by atoms with Crippen molar-refractivity contribution in [1.29, 1.82) is 0 Å². The first-order chi connectivity index (χ1) is 14.7. The minimum absolute atomic E-state index is 0.195. The summed E-state index contributed by atoms with van der Waals surface area (Å²) in [5.74, 6) is 2.53. The lowest BCUT2D eigenvalue weighted by atomic mass is 10.1. The van der Waals surface area contributed by atoms with Crippen LogP contribution in [-0.2, 0) is 17.6 Å². The van der Waals surface area contributed by atoms with Gasteiger partial charge in [-0.15, -0.1) is 15.3 Å². The molecule has 0 radical (unpaired) electrons. The standard InChI is InChI=1S/C22H28N6O2/c1-30-18-7-5-17(6-8-18)13-14-23-19-9-10-20-24-25-21(28(20)26-19)11-12-22(29)27-15-3-2-4-16-27/h5-10H,2-4,11-16H2,1H3,(H,23,26). The number of amides is 1. The van der Waals surface area contributed by atoms with Gasteiger partial charge in [0, 0.05) is 32.5 Å². The second-order valence-electron chi connectivity index (χ2n) is 7.57. The van der Waals surface area contributed by atoms with Gasteiger partial charge in [-0.2, -0.15) is 4.52 Å². The molecule has 0 aliphatic carbocycles. The number of ether oxygens (including phenoxy) is 1. The average molecular weight is 409 g/mol. The van der Waals surface area contributed by atoms with Crippen LogP contribution in [0.4, 0.5) is 5.82 Å². The number of anilines is 1. The topological polar surface area (TPSA) is 84.6 Å². The van der Waals surface area contributed by atoms with Crippen molar-refractivity contribution in [2.45, 2.75) is 38.5 Å². The molecule has 1 N–H and O–H groups in total. The predicted octanol–water partition coefficient (Wildman–Crippen LogP) is 2.73. The first kappa shape index (κ1) is 20.1. The van der Waals surface area contributed by atoms with Gasteiger partial charge in [0.05, 0.1) is 7.11 Å². The van der Waals surface area contributed by atoms with Crippen molar-refractivity contribution in [1.82, 2.24) is 24.7 Å². The third-order valence-electron chi connectivity index (χ3n) is 5.48. The maximum Gasteiger partial charge on any atom is 0.223 e. The van der Waals surface area contributed by atoms with Crippen LogP contribution in [0.5, 0.6) is 5.75 Å². The van der Waals surface area contributed by atoms with Crippen LogP contribution >= 0.6 is 0 Å². The van der Waals surface area contributed by atoms with Crippen molar-refractivity contribution in [3.63, 3.8) is 0 Å². The molecule has 0 saturated carbocycles. The van der Waals surface area contributed by atoms with Gasteiger partial charge < -0.3 is 15.0 Å². The molecule has 3 aromatic rings. The van der Waals surface area contributed by atoms with Gasteiger partial charge >= 0.3 is 0 Å². The quantitative estimate of drug-likeness (QED) is 0.617. The zero-order valence-electron chi connectivity index (χ0n) is 17.4. The molecule has 3 heterocycles. The van der Waals surface area contributed by atoms with Crippen molar-refractivity contribution in [3.8, 4) is 5.75 Å². The molecule has 8 heteroatoms. The fraction of sp³-hybridized carbons (Fsp3) is 0.455. The summed E-state index contributed by atoms with van der Waals surface area (Å²) in [6.45, 7) is 2.51. The van der Waals surface area contributed by atoms with Crippen LogP contribution < -0.4 is 10.1 Å². The number of nitrogens with zero attached hydrogens (tertiary/aromatic N) is 5. The Hall–Kier alpha value is -3.16. The molecule has 0 atom stereocenters. The van der Waals surface area contributed by atoms with E-state index < -0.39 is 0 Å². The summed E-state index contributed by atoms with van der Waals surface area (Å²) >= 11 is 0. The van der Waals surface area contributed by atoms with Gasteiger partial charge in [0.2, 0.25) is 5.91 Å². The summed E-state index contributed by atoms with van der Waals surface area (Å²) in [6.07, 6.45) is 5.29. The highest BCUT2D eigenvalue weighted by Gasteiger charge is 2.17. The van der Waals surface area contributed by atoms with Crippen molar-refractivity contribution < 1.29 is 9.53 Å². The zero-order valence-corrected chi connectivity index (χ0v) is 17.4. The Morgan fingerprint density at radius 2 is 1.83 bits per heavy atom. The van der Waals surface area contributed by atoms with E-state index in [0.717, 1.165) is 50.5 Å². The maximum absolute atomic E-state index is 12.4.